The summed E-state index contributed by atoms with van der Waals surface area (Å²) < 4.78 is 19.3. The number of likely N-dealkylation sites (N-methyl/N-ethyl adjacent to an activating group) is 1. The van der Waals surface area contributed by atoms with Gasteiger partial charge in [-0.05, 0) is 31.7 Å². The largest absolute Gasteiger partial charge is 0.383 e. The lowest BCUT2D eigenvalue weighted by Gasteiger charge is -2.40. The summed E-state index contributed by atoms with van der Waals surface area (Å²) in [5.74, 6) is -0.127. The molecule has 0 radical (unpaired) electrons. The van der Waals surface area contributed by atoms with Crippen molar-refractivity contribution in [3.8, 4) is 0 Å². The molecule has 2 rings (SSSR count). The predicted molar refractivity (Wildman–Crippen MR) is 84.3 cm³/mol. The molecular weight excluding hydrogens is 269 g/mol. The van der Waals surface area contributed by atoms with Crippen LogP contribution < -0.4 is 10.2 Å². The molecule has 1 N–H and O–H groups in total. The number of hydrogen-bond acceptors (Lipinski definition) is 4. The number of anilines is 1. The molecule has 5 heteroatoms. The predicted octanol–water partition coefficient (Wildman–Crippen LogP) is 1.70. The van der Waals surface area contributed by atoms with Gasteiger partial charge < -0.3 is 19.9 Å². The summed E-state index contributed by atoms with van der Waals surface area (Å²) >= 11 is 0. The highest BCUT2D eigenvalue weighted by Crippen LogP contribution is 2.24. The van der Waals surface area contributed by atoms with Gasteiger partial charge in [0.2, 0.25) is 0 Å². The summed E-state index contributed by atoms with van der Waals surface area (Å²) in [6.45, 7) is 7.08. The third-order valence-electron chi connectivity index (χ3n) is 3.96. The minimum atomic E-state index is -0.127. The van der Waals surface area contributed by atoms with Gasteiger partial charge in [-0.1, -0.05) is 6.07 Å². The van der Waals surface area contributed by atoms with Crippen molar-refractivity contribution in [3.63, 3.8) is 0 Å². The fourth-order valence-electron chi connectivity index (χ4n) is 2.80. The van der Waals surface area contributed by atoms with Crippen LogP contribution in [0.15, 0.2) is 18.2 Å². The average molecular weight is 295 g/mol. The number of halogens is 1. The highest BCUT2D eigenvalue weighted by Gasteiger charge is 2.23. The van der Waals surface area contributed by atoms with Crippen LogP contribution in [-0.2, 0) is 11.3 Å². The van der Waals surface area contributed by atoms with Gasteiger partial charge in [0, 0.05) is 45.9 Å². The molecule has 1 heterocycles. The van der Waals surface area contributed by atoms with E-state index in [9.17, 15) is 4.39 Å². The summed E-state index contributed by atoms with van der Waals surface area (Å²) in [5, 5.41) is 3.23. The second-order valence-corrected chi connectivity index (χ2v) is 5.76. The second kappa shape index (κ2) is 7.73. The first-order valence-corrected chi connectivity index (χ1v) is 7.55. The molecule has 1 atom stereocenters. The molecule has 0 amide bonds. The summed E-state index contributed by atoms with van der Waals surface area (Å²) in [5.41, 5.74) is 1.69. The molecule has 1 aliphatic rings. The van der Waals surface area contributed by atoms with Crippen molar-refractivity contribution >= 4 is 5.69 Å². The van der Waals surface area contributed by atoms with E-state index in [0.29, 0.717) is 19.2 Å². The second-order valence-electron chi connectivity index (χ2n) is 5.76. The maximum atomic E-state index is 14.4. The minimum absolute atomic E-state index is 0.127. The monoisotopic (exact) mass is 295 g/mol. The molecule has 1 aromatic carbocycles. The van der Waals surface area contributed by atoms with Crippen LogP contribution in [0.2, 0.25) is 0 Å². The van der Waals surface area contributed by atoms with Crippen LogP contribution >= 0.6 is 0 Å². The first kappa shape index (κ1) is 16.2. The number of nitrogens with one attached hydrogen (secondary N) is 1. The Balaban J connectivity index is 1.98. The fraction of sp³-hybridized carbons (Fsp3) is 0.625. The molecule has 0 aromatic heterocycles. The zero-order valence-corrected chi connectivity index (χ0v) is 13.2. The van der Waals surface area contributed by atoms with E-state index in [4.69, 9.17) is 4.74 Å². The van der Waals surface area contributed by atoms with Crippen LogP contribution in [-0.4, -0.2) is 57.9 Å². The Kier molecular flexibility index (Phi) is 5.96. The lowest BCUT2D eigenvalue weighted by Crippen LogP contribution is -2.50. The lowest BCUT2D eigenvalue weighted by molar-refractivity contribution is 0.199. The molecule has 0 aliphatic carbocycles. The Labute approximate surface area is 126 Å². The number of piperazine rings is 1. The molecule has 0 spiro atoms. The lowest BCUT2D eigenvalue weighted by atomic mass is 10.1. The summed E-state index contributed by atoms with van der Waals surface area (Å²) in [7, 11) is 3.78. The maximum Gasteiger partial charge on any atom is 0.146 e. The molecular formula is C16H26FN3O. The van der Waals surface area contributed by atoms with Gasteiger partial charge in [0.1, 0.15) is 5.82 Å². The van der Waals surface area contributed by atoms with Crippen molar-refractivity contribution in [2.24, 2.45) is 0 Å². The number of hydrogen-bond donors (Lipinski definition) is 1. The third kappa shape index (κ3) is 4.40. The van der Waals surface area contributed by atoms with E-state index in [0.717, 1.165) is 37.4 Å². The minimum Gasteiger partial charge on any atom is -0.383 e. The van der Waals surface area contributed by atoms with Crippen LogP contribution in [0.3, 0.4) is 0 Å². The molecule has 1 aliphatic heterocycles. The van der Waals surface area contributed by atoms with Crippen molar-refractivity contribution in [1.29, 1.82) is 0 Å². The normalized spacial score (nSPS) is 20.0. The number of rotatable bonds is 6. The van der Waals surface area contributed by atoms with E-state index in [1.54, 1.807) is 13.2 Å². The van der Waals surface area contributed by atoms with Gasteiger partial charge in [-0.2, -0.15) is 0 Å². The Bertz CT molecular complexity index is 455. The molecule has 1 unspecified atom stereocenters. The average Bonchev–Trinajstić information content (AvgIpc) is 2.45. The van der Waals surface area contributed by atoms with Crippen LogP contribution in [0.25, 0.3) is 0 Å². The van der Waals surface area contributed by atoms with E-state index in [1.165, 1.54) is 0 Å². The summed E-state index contributed by atoms with van der Waals surface area (Å²) in [4.78, 5) is 4.45. The Morgan fingerprint density at radius 3 is 2.86 bits per heavy atom. The van der Waals surface area contributed by atoms with Crippen molar-refractivity contribution in [2.75, 3.05) is 51.8 Å². The molecule has 1 aromatic rings. The van der Waals surface area contributed by atoms with Crippen molar-refractivity contribution in [2.45, 2.75) is 19.5 Å². The van der Waals surface area contributed by atoms with Gasteiger partial charge in [0.05, 0.1) is 12.3 Å². The van der Waals surface area contributed by atoms with E-state index >= 15 is 0 Å². The van der Waals surface area contributed by atoms with Gasteiger partial charge >= 0.3 is 0 Å². The standard InChI is InChI=1S/C16H26FN3O/c1-13-12-19(2)7-8-20(13)16-5-4-14(10-15(16)17)11-18-6-9-21-3/h4-5,10,13,18H,6-9,11-12H2,1-3H3. The molecule has 1 fully saturated rings. The quantitative estimate of drug-likeness (QED) is 0.809. The van der Waals surface area contributed by atoms with Crippen LogP contribution in [0.4, 0.5) is 10.1 Å². The van der Waals surface area contributed by atoms with Gasteiger partial charge in [0.25, 0.3) is 0 Å². The van der Waals surface area contributed by atoms with Gasteiger partial charge in [-0.3, -0.25) is 0 Å². The smallest absolute Gasteiger partial charge is 0.146 e. The van der Waals surface area contributed by atoms with Crippen LogP contribution in [0.1, 0.15) is 12.5 Å². The molecule has 4 nitrogen and oxygen atoms in total. The van der Waals surface area contributed by atoms with E-state index in [1.807, 2.05) is 12.1 Å². The number of ether oxygens (including phenoxy) is 1. The number of nitrogens with zero attached hydrogens (tertiary/aromatic N) is 2. The van der Waals surface area contributed by atoms with Crippen molar-refractivity contribution in [1.82, 2.24) is 10.2 Å². The summed E-state index contributed by atoms with van der Waals surface area (Å²) in [6, 6.07) is 5.89. The number of methoxy groups -OCH3 is 1. The van der Waals surface area contributed by atoms with Crippen LogP contribution in [0, 0.1) is 5.82 Å². The zero-order valence-electron chi connectivity index (χ0n) is 13.2. The zero-order chi connectivity index (χ0) is 15.2. The number of benzene rings is 1. The van der Waals surface area contributed by atoms with E-state index in [2.05, 4.69) is 29.1 Å². The fourth-order valence-corrected chi connectivity index (χ4v) is 2.80. The Hall–Kier alpha value is -1.17. The van der Waals surface area contributed by atoms with Crippen molar-refractivity contribution in [3.05, 3.63) is 29.6 Å². The first-order chi connectivity index (χ1) is 10.1. The topological polar surface area (TPSA) is 27.7 Å². The molecule has 21 heavy (non-hydrogen) atoms. The van der Waals surface area contributed by atoms with Crippen molar-refractivity contribution < 1.29 is 9.13 Å². The van der Waals surface area contributed by atoms with E-state index < -0.39 is 0 Å². The van der Waals surface area contributed by atoms with Crippen LogP contribution in [0.5, 0.6) is 0 Å². The van der Waals surface area contributed by atoms with E-state index in [-0.39, 0.29) is 5.82 Å². The Morgan fingerprint density at radius 2 is 2.19 bits per heavy atom. The summed E-state index contributed by atoms with van der Waals surface area (Å²) in [6.07, 6.45) is 0. The maximum absolute atomic E-state index is 14.4. The first-order valence-electron chi connectivity index (χ1n) is 7.55. The van der Waals surface area contributed by atoms with Gasteiger partial charge in [0.15, 0.2) is 0 Å². The van der Waals surface area contributed by atoms with Gasteiger partial charge in [-0.25, -0.2) is 4.39 Å². The molecule has 0 saturated carbocycles. The molecule has 0 bridgehead atoms. The highest BCUT2D eigenvalue weighted by atomic mass is 19.1. The molecule has 118 valence electrons. The highest BCUT2D eigenvalue weighted by molar-refractivity contribution is 5.50. The third-order valence-corrected chi connectivity index (χ3v) is 3.96. The molecule has 1 saturated heterocycles. The Morgan fingerprint density at radius 1 is 1.38 bits per heavy atom. The SMILES string of the molecule is COCCNCc1ccc(N2CCN(C)CC2C)c(F)c1. The van der Waals surface area contributed by atoms with Gasteiger partial charge in [-0.15, -0.1) is 0 Å².